The number of morpholine rings is 1. The molecule has 1 N–H and O–H groups in total. The third-order valence-electron chi connectivity index (χ3n) is 2.44. The lowest BCUT2D eigenvalue weighted by Gasteiger charge is -2.24. The highest BCUT2D eigenvalue weighted by Gasteiger charge is 2.14. The standard InChI is InChI=1S/C13H19NO3/c1-2-15-12-5-3-4-6-13(12)17-10-11-9-14-7-8-16-11/h3-6,11,14H,2,7-10H2,1H3/t11-/m1/s1/i1D3,2D2. The summed E-state index contributed by atoms with van der Waals surface area (Å²) in [7, 11) is 0. The van der Waals surface area contributed by atoms with E-state index in [0.717, 1.165) is 6.54 Å². The van der Waals surface area contributed by atoms with E-state index in [1.807, 2.05) is 0 Å². The van der Waals surface area contributed by atoms with Crippen LogP contribution in [0.15, 0.2) is 24.3 Å². The Bertz CT molecular complexity index is 489. The lowest BCUT2D eigenvalue weighted by Crippen LogP contribution is -2.41. The summed E-state index contributed by atoms with van der Waals surface area (Å²) in [6.45, 7) is -3.35. The quantitative estimate of drug-likeness (QED) is 0.848. The van der Waals surface area contributed by atoms with Crippen LogP contribution in [0.5, 0.6) is 11.5 Å². The molecule has 0 radical (unpaired) electrons. The minimum Gasteiger partial charge on any atom is -0.490 e. The highest BCUT2D eigenvalue weighted by Crippen LogP contribution is 2.26. The van der Waals surface area contributed by atoms with Crippen LogP contribution in [0.2, 0.25) is 0 Å². The van der Waals surface area contributed by atoms with Gasteiger partial charge in [-0.15, -0.1) is 0 Å². The monoisotopic (exact) mass is 242 g/mol. The molecule has 0 spiro atoms. The average Bonchev–Trinajstić information content (AvgIpc) is 2.46. The summed E-state index contributed by atoms with van der Waals surface area (Å²) in [5.74, 6) is 0.331. The number of rotatable bonds is 5. The van der Waals surface area contributed by atoms with Crippen molar-refractivity contribution in [3.63, 3.8) is 0 Å². The molecule has 17 heavy (non-hydrogen) atoms. The fraction of sp³-hybridized carbons (Fsp3) is 0.538. The van der Waals surface area contributed by atoms with Crippen molar-refractivity contribution in [3.05, 3.63) is 24.3 Å². The van der Waals surface area contributed by atoms with Crippen molar-refractivity contribution in [1.29, 1.82) is 0 Å². The highest BCUT2D eigenvalue weighted by atomic mass is 16.5. The van der Waals surface area contributed by atoms with E-state index < -0.39 is 13.4 Å². The molecule has 0 unspecified atom stereocenters. The molecule has 94 valence electrons. The van der Waals surface area contributed by atoms with Gasteiger partial charge < -0.3 is 19.5 Å². The van der Waals surface area contributed by atoms with E-state index in [9.17, 15) is 0 Å². The topological polar surface area (TPSA) is 39.7 Å². The van der Waals surface area contributed by atoms with Gasteiger partial charge in [0.2, 0.25) is 0 Å². The van der Waals surface area contributed by atoms with Gasteiger partial charge in [-0.2, -0.15) is 0 Å². The molecule has 0 bridgehead atoms. The zero-order chi connectivity index (χ0) is 16.2. The van der Waals surface area contributed by atoms with Crippen LogP contribution in [0.3, 0.4) is 0 Å². The summed E-state index contributed by atoms with van der Waals surface area (Å²) in [6, 6.07) is 6.39. The van der Waals surface area contributed by atoms with E-state index in [1.165, 1.54) is 6.07 Å². The van der Waals surface area contributed by atoms with Crippen LogP contribution < -0.4 is 14.8 Å². The van der Waals surface area contributed by atoms with Crippen molar-refractivity contribution >= 4 is 0 Å². The summed E-state index contributed by atoms with van der Waals surface area (Å²) < 4.78 is 52.7. The van der Waals surface area contributed by atoms with E-state index in [2.05, 4.69) is 5.32 Å². The van der Waals surface area contributed by atoms with E-state index in [4.69, 9.17) is 21.1 Å². The van der Waals surface area contributed by atoms with Crippen LogP contribution in [-0.2, 0) is 4.74 Å². The molecule has 0 amide bonds. The Labute approximate surface area is 109 Å². The summed E-state index contributed by atoms with van der Waals surface area (Å²) in [5.41, 5.74) is 0. The molecule has 1 heterocycles. The fourth-order valence-electron chi connectivity index (χ4n) is 1.62. The first-order valence-electron chi connectivity index (χ1n) is 8.03. The van der Waals surface area contributed by atoms with Gasteiger partial charge in [-0.1, -0.05) is 12.1 Å². The van der Waals surface area contributed by atoms with Gasteiger partial charge in [0.1, 0.15) is 12.7 Å². The third-order valence-corrected chi connectivity index (χ3v) is 2.44. The lowest BCUT2D eigenvalue weighted by molar-refractivity contribution is -0.000350. The van der Waals surface area contributed by atoms with Gasteiger partial charge in [-0.25, -0.2) is 0 Å². The minimum absolute atomic E-state index is 0.0485. The second kappa shape index (κ2) is 6.47. The first-order chi connectivity index (χ1) is 10.3. The molecule has 2 rings (SSSR count). The van der Waals surface area contributed by atoms with Gasteiger partial charge in [0, 0.05) is 17.2 Å². The maximum Gasteiger partial charge on any atom is 0.161 e. The van der Waals surface area contributed by atoms with E-state index >= 15 is 0 Å². The molecule has 1 aromatic rings. The second-order valence-electron chi connectivity index (χ2n) is 3.66. The van der Waals surface area contributed by atoms with E-state index in [-0.39, 0.29) is 24.2 Å². The van der Waals surface area contributed by atoms with Crippen molar-refractivity contribution in [2.45, 2.75) is 13.0 Å². The summed E-state index contributed by atoms with van der Waals surface area (Å²) >= 11 is 0. The smallest absolute Gasteiger partial charge is 0.161 e. The van der Waals surface area contributed by atoms with Crippen LogP contribution in [0.25, 0.3) is 0 Å². The predicted molar refractivity (Wildman–Crippen MR) is 65.7 cm³/mol. The Morgan fingerprint density at radius 1 is 1.47 bits per heavy atom. The Morgan fingerprint density at radius 3 is 3.00 bits per heavy atom. The predicted octanol–water partition coefficient (Wildman–Crippen LogP) is 1.45. The van der Waals surface area contributed by atoms with Crippen molar-refractivity contribution < 1.29 is 21.1 Å². The van der Waals surface area contributed by atoms with Gasteiger partial charge in [0.25, 0.3) is 0 Å². The Balaban J connectivity index is 2.03. The molecular weight excluding hydrogens is 218 g/mol. The number of para-hydroxylation sites is 2. The first-order valence-corrected chi connectivity index (χ1v) is 5.53. The second-order valence-corrected chi connectivity index (χ2v) is 3.66. The average molecular weight is 242 g/mol. The molecule has 1 aromatic carbocycles. The summed E-state index contributed by atoms with van der Waals surface area (Å²) in [6.07, 6.45) is -0.110. The van der Waals surface area contributed by atoms with Crippen molar-refractivity contribution in [1.82, 2.24) is 5.32 Å². The maximum absolute atomic E-state index is 7.53. The lowest BCUT2D eigenvalue weighted by atomic mass is 10.3. The first kappa shape index (κ1) is 7.24. The molecule has 1 fully saturated rings. The summed E-state index contributed by atoms with van der Waals surface area (Å²) in [4.78, 5) is 0. The number of benzene rings is 1. The maximum atomic E-state index is 7.53. The van der Waals surface area contributed by atoms with Gasteiger partial charge in [0.05, 0.1) is 15.9 Å². The van der Waals surface area contributed by atoms with Gasteiger partial charge in [-0.05, 0) is 19.0 Å². The van der Waals surface area contributed by atoms with Crippen LogP contribution >= 0.6 is 0 Å². The van der Waals surface area contributed by atoms with E-state index in [1.54, 1.807) is 18.2 Å². The van der Waals surface area contributed by atoms with Gasteiger partial charge >= 0.3 is 0 Å². The fourth-order valence-corrected chi connectivity index (χ4v) is 1.62. The largest absolute Gasteiger partial charge is 0.490 e. The molecule has 0 aromatic heterocycles. The van der Waals surface area contributed by atoms with Crippen LogP contribution in [-0.4, -0.2) is 39.0 Å². The minimum atomic E-state index is -2.89. The van der Waals surface area contributed by atoms with Gasteiger partial charge in [0.15, 0.2) is 11.5 Å². The van der Waals surface area contributed by atoms with Crippen molar-refractivity contribution in [3.8, 4) is 11.5 Å². The normalized spacial score (nSPS) is 25.9. The molecule has 4 nitrogen and oxygen atoms in total. The third kappa shape index (κ3) is 3.61. The van der Waals surface area contributed by atoms with Crippen molar-refractivity contribution in [2.75, 3.05) is 32.9 Å². The van der Waals surface area contributed by atoms with Gasteiger partial charge in [-0.3, -0.25) is 0 Å². The molecule has 1 atom stereocenters. The number of hydrogen-bond donors (Lipinski definition) is 1. The Morgan fingerprint density at radius 2 is 2.29 bits per heavy atom. The van der Waals surface area contributed by atoms with Crippen LogP contribution in [0, 0.1) is 0 Å². The highest BCUT2D eigenvalue weighted by molar-refractivity contribution is 5.39. The molecule has 1 aliphatic heterocycles. The Kier molecular flexibility index (Phi) is 2.75. The zero-order valence-electron chi connectivity index (χ0n) is 14.4. The number of hydrogen-bond acceptors (Lipinski definition) is 4. The zero-order valence-corrected chi connectivity index (χ0v) is 9.44. The van der Waals surface area contributed by atoms with E-state index in [0.29, 0.717) is 13.2 Å². The SMILES string of the molecule is [2H]C([2H])([2H])C([2H])([2H])Oc1ccccc1OC[C@H]1CNCCO1. The molecule has 1 saturated heterocycles. The molecular formula is C13H19NO3. The molecule has 0 aliphatic carbocycles. The number of ether oxygens (including phenoxy) is 3. The molecule has 0 saturated carbocycles. The Hall–Kier alpha value is -1.26. The van der Waals surface area contributed by atoms with Crippen molar-refractivity contribution in [2.24, 2.45) is 0 Å². The van der Waals surface area contributed by atoms with Crippen LogP contribution in [0.1, 0.15) is 13.7 Å². The molecule has 1 aliphatic rings. The molecule has 4 heteroatoms. The summed E-state index contributed by atoms with van der Waals surface area (Å²) in [5, 5.41) is 3.17. The van der Waals surface area contributed by atoms with Crippen LogP contribution in [0.4, 0.5) is 0 Å². The number of nitrogens with one attached hydrogen (secondary N) is 1.